The van der Waals surface area contributed by atoms with Crippen LogP contribution in [0.5, 0.6) is 0 Å². The molecule has 70 valence electrons. The minimum Gasteiger partial charge on any atom is -0.475 e. The zero-order chi connectivity index (χ0) is 10.0. The van der Waals surface area contributed by atoms with E-state index in [-0.39, 0.29) is 5.69 Å². The van der Waals surface area contributed by atoms with E-state index in [0.717, 1.165) is 0 Å². The molecule has 0 radical (unpaired) electrons. The minimum atomic E-state index is -1.47. The average molecular weight is 182 g/mol. The number of hydrogen-bond donors (Lipinski definition) is 2. The number of nitrogens with zero attached hydrogens (tertiary/aromatic N) is 1. The van der Waals surface area contributed by atoms with Crippen LogP contribution in [-0.4, -0.2) is 26.8 Å². The van der Waals surface area contributed by atoms with Crippen molar-refractivity contribution in [2.75, 3.05) is 0 Å². The van der Waals surface area contributed by atoms with Crippen LogP contribution in [-0.2, 0) is 11.2 Å². The van der Waals surface area contributed by atoms with Gasteiger partial charge in [0.25, 0.3) is 5.78 Å². The Morgan fingerprint density at radius 2 is 2.15 bits per heavy atom. The van der Waals surface area contributed by atoms with Crippen molar-refractivity contribution in [2.45, 2.75) is 20.3 Å². The van der Waals surface area contributed by atoms with E-state index in [1.807, 2.05) is 6.92 Å². The summed E-state index contributed by atoms with van der Waals surface area (Å²) in [6.45, 7) is 3.50. The number of aromatic nitrogens is 2. The molecule has 1 heterocycles. The lowest BCUT2D eigenvalue weighted by Crippen LogP contribution is -2.14. The number of ketones is 1. The van der Waals surface area contributed by atoms with Gasteiger partial charge in [0, 0.05) is 12.1 Å². The number of carbonyl (C=O) groups excluding carboxylic acids is 1. The highest BCUT2D eigenvalue weighted by atomic mass is 16.4. The van der Waals surface area contributed by atoms with Crippen LogP contribution in [0.4, 0.5) is 0 Å². The number of hydrogen-bond acceptors (Lipinski definition) is 3. The minimum absolute atomic E-state index is 0.00403. The molecule has 1 aromatic heterocycles. The largest absolute Gasteiger partial charge is 0.475 e. The molecule has 0 amide bonds. The van der Waals surface area contributed by atoms with Crippen LogP contribution in [0.2, 0.25) is 0 Å². The van der Waals surface area contributed by atoms with E-state index in [9.17, 15) is 9.59 Å². The number of rotatable bonds is 3. The average Bonchev–Trinajstić information content (AvgIpc) is 2.45. The SMILES string of the molecule is CCc1nc(C(=O)C(=O)O)c(C)[nH]1. The number of Topliss-reactive ketones (excluding diaryl/α,β-unsaturated/α-hetero) is 1. The summed E-state index contributed by atoms with van der Waals surface area (Å²) in [6.07, 6.45) is 0.647. The second-order valence-electron chi connectivity index (χ2n) is 2.64. The summed E-state index contributed by atoms with van der Waals surface area (Å²) >= 11 is 0. The number of aromatic amines is 1. The fourth-order valence-corrected chi connectivity index (χ4v) is 1.01. The number of aliphatic carboxylic acids is 1. The van der Waals surface area contributed by atoms with E-state index in [0.29, 0.717) is 17.9 Å². The summed E-state index contributed by atoms with van der Waals surface area (Å²) in [5.41, 5.74) is 0.508. The number of carboxylic acids is 1. The number of nitrogens with one attached hydrogen (secondary N) is 1. The molecule has 13 heavy (non-hydrogen) atoms. The predicted octanol–water partition coefficient (Wildman–Crippen LogP) is 0.548. The van der Waals surface area contributed by atoms with Crippen molar-refractivity contribution < 1.29 is 14.7 Å². The van der Waals surface area contributed by atoms with Crippen LogP contribution >= 0.6 is 0 Å². The van der Waals surface area contributed by atoms with Crippen molar-refractivity contribution in [3.05, 3.63) is 17.2 Å². The molecule has 5 nitrogen and oxygen atoms in total. The van der Waals surface area contributed by atoms with Crippen LogP contribution in [0.25, 0.3) is 0 Å². The lowest BCUT2D eigenvalue weighted by Gasteiger charge is -1.89. The summed E-state index contributed by atoms with van der Waals surface area (Å²) < 4.78 is 0. The Labute approximate surface area is 74.8 Å². The van der Waals surface area contributed by atoms with Crippen LogP contribution in [0, 0.1) is 6.92 Å². The number of imidazole rings is 1. The molecule has 0 bridgehead atoms. The van der Waals surface area contributed by atoms with E-state index < -0.39 is 11.8 Å². The molecule has 0 atom stereocenters. The monoisotopic (exact) mass is 182 g/mol. The molecule has 0 unspecified atom stereocenters. The molecule has 1 aromatic rings. The van der Waals surface area contributed by atoms with Gasteiger partial charge in [-0.05, 0) is 6.92 Å². The van der Waals surface area contributed by atoms with Gasteiger partial charge in [-0.25, -0.2) is 9.78 Å². The lowest BCUT2D eigenvalue weighted by molar-refractivity contribution is -0.131. The fourth-order valence-electron chi connectivity index (χ4n) is 1.01. The number of carboxylic acid groups (broad SMARTS) is 1. The Morgan fingerprint density at radius 3 is 2.54 bits per heavy atom. The van der Waals surface area contributed by atoms with E-state index in [1.54, 1.807) is 6.92 Å². The Hall–Kier alpha value is -1.65. The first kappa shape index (κ1) is 9.44. The third kappa shape index (κ3) is 1.74. The Bertz CT molecular complexity index is 354. The van der Waals surface area contributed by atoms with Crippen LogP contribution in [0.1, 0.15) is 28.9 Å². The van der Waals surface area contributed by atoms with Gasteiger partial charge in [0.05, 0.1) is 0 Å². The third-order valence-corrected chi connectivity index (χ3v) is 1.68. The maximum absolute atomic E-state index is 11.0. The summed E-state index contributed by atoms with van der Waals surface area (Å²) in [4.78, 5) is 28.1. The first-order valence-electron chi connectivity index (χ1n) is 3.89. The van der Waals surface area contributed by atoms with Crippen molar-refractivity contribution in [3.63, 3.8) is 0 Å². The molecule has 0 aliphatic rings. The molecule has 0 saturated heterocycles. The summed E-state index contributed by atoms with van der Waals surface area (Å²) in [5, 5.41) is 8.44. The Morgan fingerprint density at radius 1 is 1.54 bits per heavy atom. The number of H-pyrrole nitrogens is 1. The van der Waals surface area contributed by atoms with Gasteiger partial charge in [-0.1, -0.05) is 6.92 Å². The molecule has 1 rings (SSSR count). The van der Waals surface area contributed by atoms with Gasteiger partial charge in [0.15, 0.2) is 0 Å². The van der Waals surface area contributed by atoms with Gasteiger partial charge in [0.1, 0.15) is 11.5 Å². The first-order valence-corrected chi connectivity index (χ1v) is 3.89. The normalized spacial score (nSPS) is 10.0. The molecule has 0 aromatic carbocycles. The standard InChI is InChI=1S/C8H10N2O3/c1-3-5-9-4(2)6(10-5)7(11)8(12)13/h3H2,1-2H3,(H,9,10)(H,12,13). The molecule has 0 aliphatic heterocycles. The first-order chi connectivity index (χ1) is 6.06. The summed E-state index contributed by atoms with van der Waals surface area (Å²) in [6, 6.07) is 0. The maximum Gasteiger partial charge on any atom is 0.379 e. The molecule has 0 fully saturated rings. The molecule has 0 aliphatic carbocycles. The zero-order valence-electron chi connectivity index (χ0n) is 7.42. The predicted molar refractivity (Wildman–Crippen MR) is 44.7 cm³/mol. The van der Waals surface area contributed by atoms with E-state index in [2.05, 4.69) is 9.97 Å². The van der Waals surface area contributed by atoms with Gasteiger partial charge in [-0.3, -0.25) is 4.79 Å². The Balaban J connectivity index is 3.07. The van der Waals surface area contributed by atoms with E-state index >= 15 is 0 Å². The zero-order valence-corrected chi connectivity index (χ0v) is 7.42. The number of carbonyl (C=O) groups is 2. The summed E-state index contributed by atoms with van der Waals surface area (Å²) in [7, 11) is 0. The highest BCUT2D eigenvalue weighted by Gasteiger charge is 2.20. The van der Waals surface area contributed by atoms with Crippen LogP contribution in [0.3, 0.4) is 0 Å². The summed E-state index contributed by atoms with van der Waals surface area (Å²) in [5.74, 6) is -1.81. The smallest absolute Gasteiger partial charge is 0.379 e. The fraction of sp³-hybridized carbons (Fsp3) is 0.375. The van der Waals surface area contributed by atoms with E-state index in [4.69, 9.17) is 5.11 Å². The van der Waals surface area contributed by atoms with Crippen LogP contribution in [0.15, 0.2) is 0 Å². The lowest BCUT2D eigenvalue weighted by atomic mass is 10.2. The van der Waals surface area contributed by atoms with Gasteiger partial charge in [0.2, 0.25) is 0 Å². The quantitative estimate of drug-likeness (QED) is 0.528. The molecule has 5 heteroatoms. The van der Waals surface area contributed by atoms with Gasteiger partial charge in [-0.2, -0.15) is 0 Å². The Kier molecular flexibility index (Phi) is 2.46. The third-order valence-electron chi connectivity index (χ3n) is 1.68. The highest BCUT2D eigenvalue weighted by molar-refractivity contribution is 6.39. The van der Waals surface area contributed by atoms with Crippen molar-refractivity contribution in [3.8, 4) is 0 Å². The van der Waals surface area contributed by atoms with Gasteiger partial charge in [-0.15, -0.1) is 0 Å². The molecule has 2 N–H and O–H groups in total. The van der Waals surface area contributed by atoms with Gasteiger partial charge >= 0.3 is 5.97 Å². The molecular weight excluding hydrogens is 172 g/mol. The number of aryl methyl sites for hydroxylation is 2. The second kappa shape index (κ2) is 3.38. The maximum atomic E-state index is 11.0. The van der Waals surface area contributed by atoms with Gasteiger partial charge < -0.3 is 10.1 Å². The molecule has 0 saturated carbocycles. The van der Waals surface area contributed by atoms with Crippen molar-refractivity contribution in [1.29, 1.82) is 0 Å². The molecular formula is C8H10N2O3. The molecule has 0 spiro atoms. The van der Waals surface area contributed by atoms with Crippen molar-refractivity contribution >= 4 is 11.8 Å². The van der Waals surface area contributed by atoms with Crippen LogP contribution < -0.4 is 0 Å². The second-order valence-corrected chi connectivity index (χ2v) is 2.64. The van der Waals surface area contributed by atoms with Crippen molar-refractivity contribution in [1.82, 2.24) is 9.97 Å². The topological polar surface area (TPSA) is 83.1 Å². The van der Waals surface area contributed by atoms with Crippen molar-refractivity contribution in [2.24, 2.45) is 0 Å². The highest BCUT2D eigenvalue weighted by Crippen LogP contribution is 2.06. The van der Waals surface area contributed by atoms with E-state index in [1.165, 1.54) is 0 Å².